The van der Waals surface area contributed by atoms with E-state index in [-0.39, 0.29) is 12.5 Å². The van der Waals surface area contributed by atoms with E-state index in [1.165, 1.54) is 25.7 Å². The molecular weight excluding hydrogens is 214 g/mol. The summed E-state index contributed by atoms with van der Waals surface area (Å²) < 4.78 is 11.2. The number of hydrogen-bond acceptors (Lipinski definition) is 2. The molecule has 0 aliphatic heterocycles. The van der Waals surface area contributed by atoms with Crippen molar-refractivity contribution in [3.8, 4) is 0 Å². The zero-order valence-electron chi connectivity index (χ0n) is 12.1. The van der Waals surface area contributed by atoms with Crippen molar-refractivity contribution in [3.63, 3.8) is 0 Å². The van der Waals surface area contributed by atoms with Crippen LogP contribution in [0.25, 0.3) is 0 Å². The molecule has 0 saturated carbocycles. The maximum absolute atomic E-state index is 5.60. The Morgan fingerprint density at radius 1 is 0.765 bits per heavy atom. The molecule has 0 saturated heterocycles. The van der Waals surface area contributed by atoms with E-state index in [9.17, 15) is 0 Å². The van der Waals surface area contributed by atoms with Gasteiger partial charge in [-0.25, -0.2) is 0 Å². The highest BCUT2D eigenvalue weighted by Crippen LogP contribution is 2.01. The fraction of sp³-hybridized carbons (Fsp3) is 1.00. The molecule has 0 fully saturated rings. The van der Waals surface area contributed by atoms with Crippen LogP contribution < -0.4 is 5.32 Å². The third kappa shape index (κ3) is 12.1. The van der Waals surface area contributed by atoms with Crippen LogP contribution in [0.1, 0.15) is 66.2 Å². The first-order chi connectivity index (χ1) is 8.20. The normalized spacial score (nSPS) is 14.8. The van der Waals surface area contributed by atoms with Gasteiger partial charge >= 0.3 is 0 Å². The first-order valence-electron chi connectivity index (χ1n) is 7.13. The Balaban J connectivity index is 3.35. The SMILES string of the molecule is CCCCCOC(C)[N]C(C)OCCCCC. The number of nitrogens with zero attached hydrogens (tertiary/aromatic N) is 1. The van der Waals surface area contributed by atoms with E-state index >= 15 is 0 Å². The van der Waals surface area contributed by atoms with Gasteiger partial charge in [-0.05, 0) is 26.7 Å². The molecule has 2 unspecified atom stereocenters. The lowest BCUT2D eigenvalue weighted by Gasteiger charge is -2.18. The quantitative estimate of drug-likeness (QED) is 0.490. The lowest BCUT2D eigenvalue weighted by atomic mass is 10.3. The summed E-state index contributed by atoms with van der Waals surface area (Å²) in [7, 11) is 0. The van der Waals surface area contributed by atoms with E-state index in [0.29, 0.717) is 0 Å². The monoisotopic (exact) mass is 244 g/mol. The van der Waals surface area contributed by atoms with E-state index in [4.69, 9.17) is 9.47 Å². The largest absolute Gasteiger partial charge is 0.362 e. The van der Waals surface area contributed by atoms with Crippen molar-refractivity contribution in [1.29, 1.82) is 0 Å². The first kappa shape index (κ1) is 16.9. The van der Waals surface area contributed by atoms with Crippen LogP contribution in [0.3, 0.4) is 0 Å². The number of ether oxygens (including phenoxy) is 2. The van der Waals surface area contributed by atoms with Crippen LogP contribution in [0.5, 0.6) is 0 Å². The molecule has 103 valence electrons. The van der Waals surface area contributed by atoms with Gasteiger partial charge in [0.05, 0.1) is 0 Å². The molecule has 0 aromatic heterocycles. The smallest absolute Gasteiger partial charge is 0.123 e. The Bertz CT molecular complexity index is 137. The van der Waals surface area contributed by atoms with Crippen LogP contribution in [0, 0.1) is 0 Å². The molecule has 0 aliphatic rings. The van der Waals surface area contributed by atoms with E-state index < -0.39 is 0 Å². The zero-order valence-corrected chi connectivity index (χ0v) is 12.1. The highest BCUT2D eigenvalue weighted by atomic mass is 16.5. The molecular formula is C14H30NO2. The molecule has 0 N–H and O–H groups in total. The Labute approximate surface area is 107 Å². The Hall–Kier alpha value is -0.120. The molecule has 0 amide bonds. The summed E-state index contributed by atoms with van der Waals surface area (Å²) in [6.45, 7) is 9.97. The summed E-state index contributed by atoms with van der Waals surface area (Å²) in [6.07, 6.45) is 7.08. The summed E-state index contributed by atoms with van der Waals surface area (Å²) in [5, 5.41) is 4.43. The average molecular weight is 244 g/mol. The summed E-state index contributed by atoms with van der Waals surface area (Å²) in [4.78, 5) is 0. The highest BCUT2D eigenvalue weighted by molar-refractivity contribution is 4.51. The van der Waals surface area contributed by atoms with Gasteiger partial charge in [0, 0.05) is 13.2 Å². The van der Waals surface area contributed by atoms with Crippen molar-refractivity contribution in [3.05, 3.63) is 0 Å². The number of unbranched alkanes of at least 4 members (excludes halogenated alkanes) is 4. The minimum atomic E-state index is -0.0481. The van der Waals surface area contributed by atoms with Crippen molar-refractivity contribution in [2.45, 2.75) is 78.7 Å². The molecule has 1 radical (unpaired) electrons. The van der Waals surface area contributed by atoms with Crippen molar-refractivity contribution in [2.75, 3.05) is 13.2 Å². The lowest BCUT2D eigenvalue weighted by molar-refractivity contribution is -0.0359. The third-order valence-corrected chi connectivity index (χ3v) is 2.63. The van der Waals surface area contributed by atoms with Crippen LogP contribution in [0.2, 0.25) is 0 Å². The Morgan fingerprint density at radius 2 is 1.18 bits per heavy atom. The van der Waals surface area contributed by atoms with Crippen molar-refractivity contribution in [1.82, 2.24) is 5.32 Å². The Kier molecular flexibility index (Phi) is 12.3. The standard InChI is InChI=1S/C14H30NO2/c1-5-7-9-11-16-13(3)15-14(4)17-12-10-8-6-2/h13-14H,5-12H2,1-4H3. The minimum Gasteiger partial charge on any atom is -0.362 e. The molecule has 3 heteroatoms. The second-order valence-corrected chi connectivity index (χ2v) is 4.50. The second kappa shape index (κ2) is 12.3. The van der Waals surface area contributed by atoms with Gasteiger partial charge in [0.1, 0.15) is 12.5 Å². The van der Waals surface area contributed by atoms with Crippen LogP contribution in [0.15, 0.2) is 0 Å². The molecule has 3 nitrogen and oxygen atoms in total. The van der Waals surface area contributed by atoms with Gasteiger partial charge in [0.15, 0.2) is 0 Å². The summed E-state index contributed by atoms with van der Waals surface area (Å²) in [6, 6.07) is 0. The molecule has 0 aromatic carbocycles. The van der Waals surface area contributed by atoms with Gasteiger partial charge in [0.25, 0.3) is 0 Å². The van der Waals surface area contributed by atoms with Crippen molar-refractivity contribution < 1.29 is 9.47 Å². The third-order valence-electron chi connectivity index (χ3n) is 2.63. The molecule has 0 bridgehead atoms. The molecule has 0 spiro atoms. The van der Waals surface area contributed by atoms with Gasteiger partial charge in [-0.3, -0.25) is 0 Å². The number of hydrogen-bond donors (Lipinski definition) is 0. The maximum atomic E-state index is 5.60. The topological polar surface area (TPSA) is 32.6 Å². The molecule has 0 heterocycles. The Morgan fingerprint density at radius 3 is 1.53 bits per heavy atom. The number of rotatable bonds is 12. The highest BCUT2D eigenvalue weighted by Gasteiger charge is 2.08. The van der Waals surface area contributed by atoms with Crippen molar-refractivity contribution >= 4 is 0 Å². The fourth-order valence-corrected chi connectivity index (χ4v) is 1.59. The van der Waals surface area contributed by atoms with E-state index in [2.05, 4.69) is 19.2 Å². The van der Waals surface area contributed by atoms with Crippen molar-refractivity contribution in [2.24, 2.45) is 0 Å². The first-order valence-corrected chi connectivity index (χ1v) is 7.13. The van der Waals surface area contributed by atoms with Gasteiger partial charge in [-0.2, -0.15) is 5.32 Å². The molecule has 0 aliphatic carbocycles. The van der Waals surface area contributed by atoms with E-state index in [0.717, 1.165) is 26.1 Å². The minimum absolute atomic E-state index is 0.0481. The molecule has 0 aromatic rings. The fourth-order valence-electron chi connectivity index (χ4n) is 1.59. The molecule has 17 heavy (non-hydrogen) atoms. The molecule has 0 rings (SSSR count). The average Bonchev–Trinajstić information content (AvgIpc) is 2.30. The summed E-state index contributed by atoms with van der Waals surface area (Å²) in [5.41, 5.74) is 0. The molecule has 2 atom stereocenters. The second-order valence-electron chi connectivity index (χ2n) is 4.50. The van der Waals surface area contributed by atoms with Gasteiger partial charge < -0.3 is 9.47 Å². The summed E-state index contributed by atoms with van der Waals surface area (Å²) >= 11 is 0. The van der Waals surface area contributed by atoms with Crippen LogP contribution >= 0.6 is 0 Å². The van der Waals surface area contributed by atoms with Gasteiger partial charge in [-0.1, -0.05) is 39.5 Å². The zero-order chi connectivity index (χ0) is 12.9. The van der Waals surface area contributed by atoms with E-state index in [1.54, 1.807) is 0 Å². The van der Waals surface area contributed by atoms with Gasteiger partial charge in [-0.15, -0.1) is 0 Å². The van der Waals surface area contributed by atoms with Crippen LogP contribution in [-0.4, -0.2) is 25.7 Å². The maximum Gasteiger partial charge on any atom is 0.123 e. The van der Waals surface area contributed by atoms with E-state index in [1.807, 2.05) is 13.8 Å². The van der Waals surface area contributed by atoms with Crippen LogP contribution in [0.4, 0.5) is 0 Å². The lowest BCUT2D eigenvalue weighted by Crippen LogP contribution is -2.32. The summed E-state index contributed by atoms with van der Waals surface area (Å²) in [5.74, 6) is 0. The predicted octanol–water partition coefficient (Wildman–Crippen LogP) is 3.70. The van der Waals surface area contributed by atoms with Crippen LogP contribution in [-0.2, 0) is 9.47 Å². The predicted molar refractivity (Wildman–Crippen MR) is 72.0 cm³/mol. The van der Waals surface area contributed by atoms with Gasteiger partial charge in [0.2, 0.25) is 0 Å².